The lowest BCUT2D eigenvalue weighted by atomic mass is 10.1. The van der Waals surface area contributed by atoms with E-state index < -0.39 is 12.0 Å². The number of unbranched alkanes of at least 4 members (excludes halogenated alkanes) is 1. The van der Waals surface area contributed by atoms with Gasteiger partial charge in [0.15, 0.2) is 0 Å². The number of ether oxygens (including phenoxy) is 12. The van der Waals surface area contributed by atoms with E-state index in [1.54, 1.807) is 7.11 Å². The van der Waals surface area contributed by atoms with Crippen molar-refractivity contribution in [3.8, 4) is 0 Å². The Balaban J connectivity index is 0. The molecule has 48 heavy (non-hydrogen) atoms. The van der Waals surface area contributed by atoms with Crippen LogP contribution in [-0.4, -0.2) is 194 Å². The maximum atomic E-state index is 10.1. The molecular weight excluding hydrogens is 640 g/mol. The predicted molar refractivity (Wildman–Crippen MR) is 176 cm³/mol. The minimum atomic E-state index is -0.933. The average Bonchev–Trinajstić information content (AvgIpc) is 3.08. The molecule has 0 spiro atoms. The standard InChI is InChI=1S/C25H52O13.C6H14N2O2/c1-27-4-5-29-8-9-31-12-13-33-16-17-35-20-21-37-24-25-38-23-22-36-19-18-34-15-14-32-11-10-30-7-6-28-3-2-26;7-4-2-1-3-5(8)6(9)10/h26H,2-25H2,1H3;5H,1-4,7-8H2,(H,9,10). The number of aliphatic carboxylic acids is 1. The fourth-order valence-corrected chi connectivity index (χ4v) is 3.14. The van der Waals surface area contributed by atoms with E-state index in [9.17, 15) is 4.79 Å². The van der Waals surface area contributed by atoms with E-state index in [-0.39, 0.29) is 6.61 Å². The molecule has 290 valence electrons. The molecule has 0 aromatic heterocycles. The van der Waals surface area contributed by atoms with Gasteiger partial charge in [0, 0.05) is 7.11 Å². The zero-order chi connectivity index (χ0) is 35.4. The van der Waals surface area contributed by atoms with Crippen LogP contribution in [0.15, 0.2) is 0 Å². The molecule has 0 saturated heterocycles. The van der Waals surface area contributed by atoms with Gasteiger partial charge in [0.1, 0.15) is 6.04 Å². The van der Waals surface area contributed by atoms with Crippen molar-refractivity contribution in [1.29, 1.82) is 0 Å². The molecule has 1 unspecified atom stereocenters. The van der Waals surface area contributed by atoms with Gasteiger partial charge in [-0.1, -0.05) is 6.42 Å². The summed E-state index contributed by atoms with van der Waals surface area (Å²) in [5.74, 6) is -0.933. The summed E-state index contributed by atoms with van der Waals surface area (Å²) < 4.78 is 64.0. The van der Waals surface area contributed by atoms with Gasteiger partial charge in [-0.2, -0.15) is 0 Å². The van der Waals surface area contributed by atoms with Crippen LogP contribution in [0.2, 0.25) is 0 Å². The number of carboxylic acids is 1. The van der Waals surface area contributed by atoms with Gasteiger partial charge < -0.3 is 78.5 Å². The van der Waals surface area contributed by atoms with Gasteiger partial charge in [-0.25, -0.2) is 0 Å². The Hall–Kier alpha value is -1.13. The maximum absolute atomic E-state index is 10.1. The van der Waals surface area contributed by atoms with Crippen molar-refractivity contribution in [1.82, 2.24) is 0 Å². The molecule has 0 rings (SSSR count). The van der Waals surface area contributed by atoms with Crippen LogP contribution in [0.1, 0.15) is 19.3 Å². The SMILES string of the molecule is COCCOCCOCCOCCOCCOCCOCCOCCOCCOCCOCCOCCO.NCCCCC(N)C(=O)O. The monoisotopic (exact) mass is 706 g/mol. The summed E-state index contributed by atoms with van der Waals surface area (Å²) in [5.41, 5.74) is 10.4. The predicted octanol–water partition coefficient (Wildman–Crippen LogP) is -0.665. The molecule has 0 aliphatic carbocycles. The molecule has 0 amide bonds. The van der Waals surface area contributed by atoms with Crippen LogP contribution in [0.3, 0.4) is 0 Å². The quantitative estimate of drug-likeness (QED) is 0.0581. The van der Waals surface area contributed by atoms with E-state index in [1.807, 2.05) is 0 Å². The molecule has 0 radical (unpaired) electrons. The number of carboxylic acid groups (broad SMARTS) is 1. The molecule has 0 aromatic carbocycles. The Morgan fingerprint density at radius 1 is 0.479 bits per heavy atom. The zero-order valence-electron chi connectivity index (χ0n) is 29.2. The minimum absolute atomic E-state index is 0.0269. The number of hydrogen-bond donors (Lipinski definition) is 4. The van der Waals surface area contributed by atoms with E-state index in [0.717, 1.165) is 12.8 Å². The number of nitrogens with two attached hydrogens (primary N) is 2. The number of hydrogen-bond acceptors (Lipinski definition) is 16. The summed E-state index contributed by atoms with van der Waals surface area (Å²) >= 11 is 0. The first-order valence-electron chi connectivity index (χ1n) is 16.7. The molecule has 0 fully saturated rings. The van der Waals surface area contributed by atoms with Gasteiger partial charge >= 0.3 is 5.97 Å². The lowest BCUT2D eigenvalue weighted by Crippen LogP contribution is -2.29. The number of methoxy groups -OCH3 is 1. The highest BCUT2D eigenvalue weighted by Crippen LogP contribution is 1.97. The third-order valence-electron chi connectivity index (χ3n) is 5.67. The first-order valence-corrected chi connectivity index (χ1v) is 16.7. The molecule has 0 heterocycles. The molecule has 0 bridgehead atoms. The first-order chi connectivity index (χ1) is 23.6. The topological polar surface area (TPSA) is 220 Å². The van der Waals surface area contributed by atoms with Crippen LogP contribution >= 0.6 is 0 Å². The molecular formula is C31H66N2O15. The van der Waals surface area contributed by atoms with Crippen molar-refractivity contribution >= 4 is 5.97 Å². The lowest BCUT2D eigenvalue weighted by Gasteiger charge is -2.09. The summed E-state index contributed by atoms with van der Waals surface area (Å²) in [6.45, 7) is 12.4. The van der Waals surface area contributed by atoms with E-state index in [4.69, 9.17) is 78.5 Å². The van der Waals surface area contributed by atoms with Gasteiger partial charge in [0.2, 0.25) is 0 Å². The molecule has 0 aromatic rings. The molecule has 1 atom stereocenters. The second-order valence-corrected chi connectivity index (χ2v) is 9.68. The Bertz CT molecular complexity index is 564. The van der Waals surface area contributed by atoms with Crippen molar-refractivity contribution in [2.75, 3.05) is 172 Å². The summed E-state index contributed by atoms with van der Waals surface area (Å²) in [5, 5.41) is 16.9. The van der Waals surface area contributed by atoms with Crippen LogP contribution < -0.4 is 11.5 Å². The van der Waals surface area contributed by atoms with Gasteiger partial charge in [0.05, 0.1) is 159 Å². The van der Waals surface area contributed by atoms with Crippen molar-refractivity contribution in [3.63, 3.8) is 0 Å². The third-order valence-corrected chi connectivity index (χ3v) is 5.67. The van der Waals surface area contributed by atoms with E-state index in [0.29, 0.717) is 165 Å². The van der Waals surface area contributed by atoms with Crippen molar-refractivity contribution < 1.29 is 71.8 Å². The van der Waals surface area contributed by atoms with Crippen molar-refractivity contribution in [2.24, 2.45) is 11.5 Å². The normalized spacial score (nSPS) is 11.8. The fraction of sp³-hybridized carbons (Fsp3) is 0.968. The van der Waals surface area contributed by atoms with Gasteiger partial charge in [-0.15, -0.1) is 0 Å². The highest BCUT2D eigenvalue weighted by atomic mass is 16.6. The Kier molecular flexibility index (Phi) is 46.8. The number of aliphatic hydroxyl groups is 1. The highest BCUT2D eigenvalue weighted by Gasteiger charge is 2.09. The maximum Gasteiger partial charge on any atom is 0.320 e. The Morgan fingerprint density at radius 3 is 0.938 bits per heavy atom. The number of rotatable bonds is 40. The summed E-state index contributed by atoms with van der Waals surface area (Å²) in [7, 11) is 1.64. The fourth-order valence-electron chi connectivity index (χ4n) is 3.14. The minimum Gasteiger partial charge on any atom is -0.480 e. The Morgan fingerprint density at radius 2 is 0.729 bits per heavy atom. The summed E-state index contributed by atoms with van der Waals surface area (Å²) in [6.07, 6.45) is 2.16. The van der Waals surface area contributed by atoms with E-state index in [2.05, 4.69) is 0 Å². The van der Waals surface area contributed by atoms with Crippen LogP contribution in [0.25, 0.3) is 0 Å². The molecule has 6 N–H and O–H groups in total. The van der Waals surface area contributed by atoms with Crippen molar-refractivity contribution in [2.45, 2.75) is 25.3 Å². The summed E-state index contributed by atoms with van der Waals surface area (Å²) in [4.78, 5) is 10.1. The summed E-state index contributed by atoms with van der Waals surface area (Å²) in [6, 6.07) is -0.716. The smallest absolute Gasteiger partial charge is 0.320 e. The van der Waals surface area contributed by atoms with Crippen LogP contribution in [-0.2, 0) is 61.6 Å². The highest BCUT2D eigenvalue weighted by molar-refractivity contribution is 5.72. The number of carbonyl (C=O) groups is 1. The van der Waals surface area contributed by atoms with E-state index in [1.165, 1.54) is 0 Å². The van der Waals surface area contributed by atoms with Crippen LogP contribution in [0.5, 0.6) is 0 Å². The lowest BCUT2D eigenvalue weighted by molar-refractivity contribution is -0.138. The second kappa shape index (κ2) is 45.9. The van der Waals surface area contributed by atoms with Crippen LogP contribution in [0.4, 0.5) is 0 Å². The average molecular weight is 707 g/mol. The second-order valence-electron chi connectivity index (χ2n) is 9.68. The van der Waals surface area contributed by atoms with E-state index >= 15 is 0 Å². The largest absolute Gasteiger partial charge is 0.480 e. The number of aliphatic hydroxyl groups excluding tert-OH is 1. The molecule has 0 aliphatic heterocycles. The molecule has 17 heteroatoms. The molecule has 0 aliphatic rings. The third kappa shape index (κ3) is 47.0. The molecule has 17 nitrogen and oxygen atoms in total. The Labute approximate surface area is 286 Å². The van der Waals surface area contributed by atoms with Gasteiger partial charge in [0.25, 0.3) is 0 Å². The zero-order valence-corrected chi connectivity index (χ0v) is 29.2. The van der Waals surface area contributed by atoms with Gasteiger partial charge in [-0.05, 0) is 19.4 Å². The first kappa shape index (κ1) is 49.0. The van der Waals surface area contributed by atoms with Gasteiger partial charge in [-0.3, -0.25) is 4.79 Å². The van der Waals surface area contributed by atoms with Crippen LogP contribution in [0, 0.1) is 0 Å². The van der Waals surface area contributed by atoms with Crippen molar-refractivity contribution in [3.05, 3.63) is 0 Å². The molecule has 0 saturated carbocycles.